The number of hydrogen-bond donors (Lipinski definition) is 1. The lowest BCUT2D eigenvalue weighted by Gasteiger charge is -2.32. The van der Waals surface area contributed by atoms with Crippen molar-refractivity contribution in [1.82, 2.24) is 4.90 Å². The molecular weight excluding hydrogens is 327 g/mol. The predicted molar refractivity (Wildman–Crippen MR) is 94.8 cm³/mol. The van der Waals surface area contributed by atoms with E-state index in [2.05, 4.69) is 23.5 Å². The maximum Gasteiger partial charge on any atom is 0.238 e. The summed E-state index contributed by atoms with van der Waals surface area (Å²) in [4.78, 5) is 14.3. The molecule has 0 saturated heterocycles. The molecule has 2 aromatic carbocycles. The minimum atomic E-state index is -0.488. The van der Waals surface area contributed by atoms with Crippen molar-refractivity contribution in [3.63, 3.8) is 0 Å². The van der Waals surface area contributed by atoms with Crippen LogP contribution in [0.4, 0.5) is 10.1 Å². The van der Waals surface area contributed by atoms with Gasteiger partial charge in [0.15, 0.2) is 0 Å². The smallest absolute Gasteiger partial charge is 0.238 e. The summed E-state index contributed by atoms with van der Waals surface area (Å²) in [6, 6.07) is 12.7. The highest BCUT2D eigenvalue weighted by atomic mass is 35.5. The molecule has 126 valence electrons. The molecule has 1 amide bonds. The van der Waals surface area contributed by atoms with Crippen LogP contribution in [0.15, 0.2) is 42.5 Å². The van der Waals surface area contributed by atoms with Gasteiger partial charge in [-0.25, -0.2) is 4.39 Å². The van der Waals surface area contributed by atoms with E-state index in [4.69, 9.17) is 11.6 Å². The zero-order chi connectivity index (χ0) is 17.1. The van der Waals surface area contributed by atoms with Gasteiger partial charge in [0, 0.05) is 11.1 Å². The molecule has 1 aliphatic rings. The fraction of sp³-hybridized carbons (Fsp3) is 0.316. The molecule has 3 nitrogen and oxygen atoms in total. The Morgan fingerprint density at radius 1 is 1.33 bits per heavy atom. The number of carbonyl (C=O) groups excluding carboxylic acids is 1. The van der Waals surface area contributed by atoms with Gasteiger partial charge < -0.3 is 5.32 Å². The normalized spacial score (nSPS) is 16.8. The van der Waals surface area contributed by atoms with E-state index in [9.17, 15) is 9.18 Å². The van der Waals surface area contributed by atoms with Gasteiger partial charge in [0.05, 0.1) is 12.2 Å². The van der Waals surface area contributed by atoms with E-state index in [0.717, 1.165) is 19.3 Å². The lowest BCUT2D eigenvalue weighted by atomic mass is 9.87. The molecule has 24 heavy (non-hydrogen) atoms. The number of amides is 1. The first-order chi connectivity index (χ1) is 11.5. The summed E-state index contributed by atoms with van der Waals surface area (Å²) in [5, 5.41) is 3.00. The van der Waals surface area contributed by atoms with E-state index in [1.165, 1.54) is 29.3 Å². The van der Waals surface area contributed by atoms with Gasteiger partial charge in [0.25, 0.3) is 0 Å². The molecule has 0 heterocycles. The molecule has 0 aliphatic heterocycles. The molecule has 1 aliphatic carbocycles. The van der Waals surface area contributed by atoms with E-state index in [-0.39, 0.29) is 24.2 Å². The van der Waals surface area contributed by atoms with Crippen molar-refractivity contribution in [2.75, 3.05) is 18.9 Å². The van der Waals surface area contributed by atoms with Crippen LogP contribution >= 0.6 is 11.6 Å². The first-order valence-electron chi connectivity index (χ1n) is 8.07. The van der Waals surface area contributed by atoms with Crippen LogP contribution in [0.5, 0.6) is 0 Å². The molecular formula is C19H20ClFN2O. The molecule has 1 N–H and O–H groups in total. The van der Waals surface area contributed by atoms with E-state index in [0.29, 0.717) is 5.02 Å². The molecule has 0 saturated carbocycles. The summed E-state index contributed by atoms with van der Waals surface area (Å²) in [5.41, 5.74) is 2.75. The van der Waals surface area contributed by atoms with Gasteiger partial charge >= 0.3 is 0 Å². The first kappa shape index (κ1) is 16.9. The first-order valence-corrected chi connectivity index (χ1v) is 8.45. The molecule has 1 atom stereocenters. The number of nitrogens with zero attached hydrogens (tertiary/aromatic N) is 1. The summed E-state index contributed by atoms with van der Waals surface area (Å²) >= 11 is 5.86. The maximum absolute atomic E-state index is 13.7. The number of carbonyl (C=O) groups is 1. The maximum atomic E-state index is 13.7. The van der Waals surface area contributed by atoms with E-state index in [1.807, 2.05) is 18.0 Å². The Balaban J connectivity index is 1.68. The molecule has 1 unspecified atom stereocenters. The van der Waals surface area contributed by atoms with Crippen molar-refractivity contribution in [2.24, 2.45) is 0 Å². The molecule has 5 heteroatoms. The van der Waals surface area contributed by atoms with E-state index < -0.39 is 5.82 Å². The van der Waals surface area contributed by atoms with Crippen molar-refractivity contribution in [3.8, 4) is 0 Å². The van der Waals surface area contributed by atoms with Gasteiger partial charge in [-0.1, -0.05) is 35.9 Å². The molecule has 0 bridgehead atoms. The van der Waals surface area contributed by atoms with Crippen LogP contribution in [0.25, 0.3) is 0 Å². The number of halogens is 2. The fourth-order valence-electron chi connectivity index (χ4n) is 3.31. The van der Waals surface area contributed by atoms with Gasteiger partial charge in [0.1, 0.15) is 5.82 Å². The Hall–Kier alpha value is -1.91. The van der Waals surface area contributed by atoms with Gasteiger partial charge in [-0.05, 0) is 55.6 Å². The number of rotatable bonds is 4. The zero-order valence-corrected chi connectivity index (χ0v) is 14.3. The number of nitrogens with one attached hydrogen (secondary N) is 1. The van der Waals surface area contributed by atoms with Crippen LogP contribution in [0.3, 0.4) is 0 Å². The van der Waals surface area contributed by atoms with Crippen molar-refractivity contribution >= 4 is 23.2 Å². The van der Waals surface area contributed by atoms with Crippen LogP contribution in [0.1, 0.15) is 30.0 Å². The lowest BCUT2D eigenvalue weighted by molar-refractivity contribution is -0.117. The van der Waals surface area contributed by atoms with Gasteiger partial charge in [-0.15, -0.1) is 0 Å². The standard InChI is InChI=1S/C19H20ClFN2O/c1-23(18-8-4-6-13-5-2-3-7-15(13)18)12-19(24)22-17-11-14(20)9-10-16(17)21/h2-3,5,7,9-11,18H,4,6,8,12H2,1H3,(H,22,24). The predicted octanol–water partition coefficient (Wildman–Crippen LogP) is 4.43. The third-order valence-electron chi connectivity index (χ3n) is 4.47. The van der Waals surface area contributed by atoms with Gasteiger partial charge in [-0.3, -0.25) is 9.69 Å². The molecule has 3 rings (SSSR count). The molecule has 2 aromatic rings. The second kappa shape index (κ2) is 7.32. The van der Waals surface area contributed by atoms with Crippen molar-refractivity contribution in [3.05, 3.63) is 64.4 Å². The Kier molecular flexibility index (Phi) is 5.17. The molecule has 0 aromatic heterocycles. The molecule has 0 spiro atoms. The van der Waals surface area contributed by atoms with Crippen molar-refractivity contribution < 1.29 is 9.18 Å². The number of aryl methyl sites for hydroxylation is 1. The average Bonchev–Trinajstić information content (AvgIpc) is 2.57. The summed E-state index contributed by atoms with van der Waals surface area (Å²) < 4.78 is 13.7. The zero-order valence-electron chi connectivity index (χ0n) is 13.6. The summed E-state index contributed by atoms with van der Waals surface area (Å²) in [6.07, 6.45) is 3.21. The Labute approximate surface area is 146 Å². The SMILES string of the molecule is CN(CC(=O)Nc1cc(Cl)ccc1F)C1CCCc2ccccc21. The molecule has 0 radical (unpaired) electrons. The van der Waals surface area contributed by atoms with E-state index >= 15 is 0 Å². The number of likely N-dealkylation sites (N-methyl/N-ethyl adjacent to an activating group) is 1. The summed E-state index contributed by atoms with van der Waals surface area (Å²) in [7, 11) is 1.93. The van der Waals surface area contributed by atoms with Gasteiger partial charge in [0.2, 0.25) is 5.91 Å². The monoisotopic (exact) mass is 346 g/mol. The lowest BCUT2D eigenvalue weighted by Crippen LogP contribution is -2.35. The van der Waals surface area contributed by atoms with E-state index in [1.54, 1.807) is 0 Å². The Morgan fingerprint density at radius 3 is 2.96 bits per heavy atom. The second-order valence-corrected chi connectivity index (χ2v) is 6.63. The number of fused-ring (bicyclic) bond motifs is 1. The topological polar surface area (TPSA) is 32.3 Å². The van der Waals surface area contributed by atoms with Crippen LogP contribution in [0.2, 0.25) is 5.02 Å². The van der Waals surface area contributed by atoms with Gasteiger partial charge in [-0.2, -0.15) is 0 Å². The second-order valence-electron chi connectivity index (χ2n) is 6.19. The number of benzene rings is 2. The highest BCUT2D eigenvalue weighted by Gasteiger charge is 2.24. The minimum Gasteiger partial charge on any atom is -0.322 e. The average molecular weight is 347 g/mol. The highest BCUT2D eigenvalue weighted by Crippen LogP contribution is 2.33. The largest absolute Gasteiger partial charge is 0.322 e. The minimum absolute atomic E-state index is 0.116. The van der Waals surface area contributed by atoms with Crippen molar-refractivity contribution in [2.45, 2.75) is 25.3 Å². The number of anilines is 1. The van der Waals surface area contributed by atoms with Crippen LogP contribution in [0, 0.1) is 5.82 Å². The fourth-order valence-corrected chi connectivity index (χ4v) is 3.48. The quantitative estimate of drug-likeness (QED) is 0.888. The molecule has 0 fully saturated rings. The van der Waals surface area contributed by atoms with Crippen LogP contribution in [-0.2, 0) is 11.2 Å². The Bertz CT molecular complexity index is 750. The third kappa shape index (κ3) is 3.77. The third-order valence-corrected chi connectivity index (χ3v) is 4.70. The summed E-state index contributed by atoms with van der Waals surface area (Å²) in [6.45, 7) is 0.199. The van der Waals surface area contributed by atoms with Crippen molar-refractivity contribution in [1.29, 1.82) is 0 Å². The Morgan fingerprint density at radius 2 is 2.12 bits per heavy atom. The van der Waals surface area contributed by atoms with Crippen LogP contribution < -0.4 is 5.32 Å². The highest BCUT2D eigenvalue weighted by molar-refractivity contribution is 6.30. The number of hydrogen-bond acceptors (Lipinski definition) is 2. The summed E-state index contributed by atoms with van der Waals surface area (Å²) in [5.74, 6) is -0.736. The van der Waals surface area contributed by atoms with Crippen LogP contribution in [-0.4, -0.2) is 24.4 Å².